The summed E-state index contributed by atoms with van der Waals surface area (Å²) in [6.45, 7) is 6.19. The zero-order valence-corrected chi connectivity index (χ0v) is 23.1. The topological polar surface area (TPSA) is 59.0 Å². The number of methoxy groups -OCH3 is 1. The maximum absolute atomic E-state index is 10.7. The molecule has 3 radical (unpaired) electrons. The number of nitrogens with zero attached hydrogens (tertiary/aromatic N) is 1. The van der Waals surface area contributed by atoms with E-state index in [9.17, 15) is 4.79 Å². The Hall–Kier alpha value is -1.20. The van der Waals surface area contributed by atoms with Crippen molar-refractivity contribution in [1.29, 1.82) is 0 Å². The fourth-order valence-corrected chi connectivity index (χ4v) is 2.27. The fourth-order valence-electron chi connectivity index (χ4n) is 2.27. The van der Waals surface area contributed by atoms with E-state index in [2.05, 4.69) is 12.6 Å². The van der Waals surface area contributed by atoms with Gasteiger partial charge in [-0.25, -0.2) is 0 Å². The standard InChI is InChI=1S/C18H21NO3.C2H6O.C2H6.CH3B.CH3.Y/c1-19(14-18(20)21)13-12-17(15-8-4-2-5-9-15)22-16-10-6-3-7-11-16;1-3-2;2*1-2;;/h2-11,17H,12-14H2,1H3,(H,20,21);1-2H3;1-2H3;1H3;1H3;/q;;;;-1;. The van der Waals surface area contributed by atoms with Gasteiger partial charge in [0.25, 0.3) is 0 Å². The molecule has 0 aliphatic heterocycles. The van der Waals surface area contributed by atoms with E-state index in [4.69, 9.17) is 9.84 Å². The van der Waals surface area contributed by atoms with Crippen LogP contribution >= 0.6 is 0 Å². The Bertz CT molecular complexity index is 603. The van der Waals surface area contributed by atoms with E-state index in [0.717, 1.165) is 17.7 Å². The van der Waals surface area contributed by atoms with Crippen molar-refractivity contribution in [2.75, 3.05) is 34.4 Å². The van der Waals surface area contributed by atoms with Crippen molar-refractivity contribution in [1.82, 2.24) is 4.90 Å². The van der Waals surface area contributed by atoms with Gasteiger partial charge in [0.05, 0.1) is 14.4 Å². The first-order valence-corrected chi connectivity index (χ1v) is 9.71. The summed E-state index contributed by atoms with van der Waals surface area (Å²) in [4.78, 5) is 12.5. The Labute approximate surface area is 216 Å². The molecule has 0 bridgehead atoms. The quantitative estimate of drug-likeness (QED) is 0.397. The van der Waals surface area contributed by atoms with Crippen molar-refractivity contribution in [2.24, 2.45) is 0 Å². The molecule has 0 aliphatic rings. The van der Waals surface area contributed by atoms with Crippen LogP contribution in [0.25, 0.3) is 0 Å². The molecule has 0 saturated heterocycles. The first-order chi connectivity index (χ1) is 14.1. The van der Waals surface area contributed by atoms with Crippen LogP contribution in [0.5, 0.6) is 5.75 Å². The number of carboxylic acids is 1. The normalized spacial score (nSPS) is 9.52. The van der Waals surface area contributed by atoms with Gasteiger partial charge in [-0.2, -0.15) is 0 Å². The molecule has 31 heavy (non-hydrogen) atoms. The van der Waals surface area contributed by atoms with Gasteiger partial charge in [-0.3, -0.25) is 9.69 Å². The molecule has 7 heteroatoms. The van der Waals surface area contributed by atoms with E-state index in [0.29, 0.717) is 6.54 Å². The summed E-state index contributed by atoms with van der Waals surface area (Å²) in [6.07, 6.45) is 0.628. The molecule has 2 aromatic carbocycles. The summed E-state index contributed by atoms with van der Waals surface area (Å²) in [5.41, 5.74) is 1.09. The number of benzene rings is 2. The van der Waals surface area contributed by atoms with Gasteiger partial charge in [-0.05, 0) is 24.7 Å². The average Bonchev–Trinajstić information content (AvgIpc) is 2.75. The van der Waals surface area contributed by atoms with Crippen LogP contribution in [-0.2, 0) is 42.2 Å². The number of aliphatic carboxylic acids is 1. The third kappa shape index (κ3) is 20.5. The summed E-state index contributed by atoms with van der Waals surface area (Å²) in [7, 11) is 9.55. The molecule has 0 heterocycles. The Morgan fingerprint density at radius 3 is 1.84 bits per heavy atom. The van der Waals surface area contributed by atoms with Gasteiger partial charge >= 0.3 is 5.97 Å². The molecule has 2 aromatic rings. The van der Waals surface area contributed by atoms with E-state index in [-0.39, 0.29) is 52.8 Å². The van der Waals surface area contributed by atoms with Gasteiger partial charge in [0.1, 0.15) is 11.9 Å². The number of rotatable bonds is 8. The number of hydrogen-bond donors (Lipinski definition) is 1. The monoisotopic (exact) mass is 505 g/mol. The molecule has 5 nitrogen and oxygen atoms in total. The van der Waals surface area contributed by atoms with Crippen LogP contribution in [0.3, 0.4) is 0 Å². The minimum atomic E-state index is -0.817. The van der Waals surface area contributed by atoms with E-state index >= 15 is 0 Å². The van der Waals surface area contributed by atoms with Crippen LogP contribution < -0.4 is 4.74 Å². The molecule has 0 aromatic heterocycles. The number of carbonyl (C=O) groups is 1. The largest absolute Gasteiger partial charge is 0.486 e. The Kier molecular flexibility index (Phi) is 32.1. The number of ether oxygens (including phenoxy) is 2. The van der Waals surface area contributed by atoms with Crippen LogP contribution in [-0.4, -0.2) is 58.2 Å². The second-order valence-electron chi connectivity index (χ2n) is 5.66. The van der Waals surface area contributed by atoms with Gasteiger partial charge in [0, 0.05) is 59.9 Å². The van der Waals surface area contributed by atoms with Crippen molar-refractivity contribution in [3.63, 3.8) is 0 Å². The maximum Gasteiger partial charge on any atom is 0.317 e. The summed E-state index contributed by atoms with van der Waals surface area (Å²) < 4.78 is 10.3. The van der Waals surface area contributed by atoms with E-state index < -0.39 is 5.97 Å². The van der Waals surface area contributed by atoms with Gasteiger partial charge < -0.3 is 22.0 Å². The molecule has 1 atom stereocenters. The predicted octanol–water partition coefficient (Wildman–Crippen LogP) is 5.15. The number of hydrogen-bond acceptors (Lipinski definition) is 4. The molecule has 171 valence electrons. The second-order valence-corrected chi connectivity index (χ2v) is 5.66. The van der Waals surface area contributed by atoms with Crippen molar-refractivity contribution < 1.29 is 52.1 Å². The maximum atomic E-state index is 10.7. The summed E-state index contributed by atoms with van der Waals surface area (Å²) in [5.74, 6) is -0.0000189. The van der Waals surface area contributed by atoms with E-state index in [1.165, 1.54) is 6.82 Å². The van der Waals surface area contributed by atoms with Crippen molar-refractivity contribution >= 4 is 13.8 Å². The number of para-hydroxylation sites is 1. The van der Waals surface area contributed by atoms with Gasteiger partial charge in [0.15, 0.2) is 0 Å². The fraction of sp³-hybridized carbons (Fsp3) is 0.417. The Morgan fingerprint density at radius 1 is 1.00 bits per heavy atom. The molecule has 0 saturated carbocycles. The smallest absolute Gasteiger partial charge is 0.317 e. The Morgan fingerprint density at radius 2 is 1.42 bits per heavy atom. The zero-order valence-electron chi connectivity index (χ0n) is 20.2. The Balaban J connectivity index is -0.000000364. The van der Waals surface area contributed by atoms with Gasteiger partial charge in [-0.1, -0.05) is 69.2 Å². The van der Waals surface area contributed by atoms with Gasteiger partial charge in [-0.15, -0.1) is 0 Å². The third-order valence-corrected chi connectivity index (χ3v) is 3.37. The first-order valence-electron chi connectivity index (χ1n) is 9.71. The SMILES string of the molecule is CC.CN(CCC(Oc1ccccc1)c1ccccc1)CC(=O)O.COC.[B]C.[CH3-].[Y]. The van der Waals surface area contributed by atoms with Crippen LogP contribution in [0, 0.1) is 7.43 Å². The number of carboxylic acid groups (broad SMARTS) is 1. The second kappa shape index (κ2) is 26.8. The summed E-state index contributed by atoms with van der Waals surface area (Å²) in [6, 6.07) is 19.7. The first kappa shape index (κ1) is 37.1. The third-order valence-electron chi connectivity index (χ3n) is 3.37. The molecule has 1 N–H and O–H groups in total. The summed E-state index contributed by atoms with van der Waals surface area (Å²) in [5, 5.41) is 8.83. The molecule has 1 unspecified atom stereocenters. The summed E-state index contributed by atoms with van der Waals surface area (Å²) >= 11 is 0. The number of likely N-dealkylation sites (N-methyl/N-ethyl adjacent to an activating group) is 1. The van der Waals surface area contributed by atoms with Gasteiger partial charge in [0.2, 0.25) is 0 Å². The molecule has 2 rings (SSSR count). The van der Waals surface area contributed by atoms with Crippen LogP contribution in [0.1, 0.15) is 31.9 Å². The van der Waals surface area contributed by atoms with Crippen molar-refractivity contribution in [3.8, 4) is 5.75 Å². The molecule has 0 amide bonds. The van der Waals surface area contributed by atoms with Crippen molar-refractivity contribution in [2.45, 2.75) is 33.2 Å². The minimum Gasteiger partial charge on any atom is -0.486 e. The average molecular weight is 505 g/mol. The zero-order chi connectivity index (χ0) is 22.5. The molecular formula is C24H39BNO4Y-. The predicted molar refractivity (Wildman–Crippen MR) is 128 cm³/mol. The molecule has 0 spiro atoms. The van der Waals surface area contributed by atoms with E-state index in [1.54, 1.807) is 26.2 Å². The van der Waals surface area contributed by atoms with Crippen LogP contribution in [0.4, 0.5) is 0 Å². The van der Waals surface area contributed by atoms with Crippen LogP contribution in [0.2, 0.25) is 6.82 Å². The van der Waals surface area contributed by atoms with Crippen LogP contribution in [0.15, 0.2) is 60.7 Å². The molecule has 0 fully saturated rings. The van der Waals surface area contributed by atoms with Crippen molar-refractivity contribution in [3.05, 3.63) is 73.7 Å². The minimum absolute atomic E-state index is 0. The van der Waals surface area contributed by atoms with E-state index in [1.807, 2.05) is 74.5 Å². The molecular weight excluding hydrogens is 466 g/mol. The molecule has 0 aliphatic carbocycles.